The van der Waals surface area contributed by atoms with Crippen LogP contribution in [-0.2, 0) is 12.8 Å². The first-order chi connectivity index (χ1) is 6.87. The molecule has 1 atom stereocenters. The van der Waals surface area contributed by atoms with Gasteiger partial charge in [0.05, 0.1) is 0 Å². The highest BCUT2D eigenvalue weighted by molar-refractivity contribution is 5.25. The molecule has 2 N–H and O–H groups in total. The molecule has 1 rings (SSSR count). The highest BCUT2D eigenvalue weighted by atomic mass is 19.3. The summed E-state index contributed by atoms with van der Waals surface area (Å²) in [5.41, 5.74) is 7.34. The second-order valence-corrected chi connectivity index (χ2v) is 4.25. The Bertz CT molecular complexity index is 316. The number of hydrogen-bond acceptors (Lipinski definition) is 1. The lowest BCUT2D eigenvalue weighted by Crippen LogP contribution is -2.18. The van der Waals surface area contributed by atoms with Crippen molar-refractivity contribution in [3.05, 3.63) is 35.4 Å². The zero-order chi connectivity index (χ0) is 11.5. The highest BCUT2D eigenvalue weighted by Crippen LogP contribution is 2.19. The van der Waals surface area contributed by atoms with Crippen LogP contribution in [0.25, 0.3) is 0 Å². The second-order valence-electron chi connectivity index (χ2n) is 4.25. The second kappa shape index (κ2) is 4.71. The lowest BCUT2D eigenvalue weighted by atomic mass is 10.0. The molecule has 1 unspecified atom stereocenters. The summed E-state index contributed by atoms with van der Waals surface area (Å²) in [4.78, 5) is 0. The number of benzene rings is 1. The van der Waals surface area contributed by atoms with Crippen molar-refractivity contribution < 1.29 is 8.78 Å². The quantitative estimate of drug-likeness (QED) is 0.817. The number of hydrogen-bond donors (Lipinski definition) is 1. The van der Waals surface area contributed by atoms with Crippen molar-refractivity contribution in [2.75, 3.05) is 0 Å². The van der Waals surface area contributed by atoms with Crippen LogP contribution in [0.5, 0.6) is 0 Å². The summed E-state index contributed by atoms with van der Waals surface area (Å²) in [6.45, 7) is 2.84. The predicted octanol–water partition coefficient (Wildman–Crippen LogP) is 2.77. The maximum absolute atomic E-state index is 12.8. The highest BCUT2D eigenvalue weighted by Gasteiger charge is 2.21. The summed E-state index contributed by atoms with van der Waals surface area (Å²) >= 11 is 0. The average Bonchev–Trinajstić information content (AvgIpc) is 1.99. The van der Waals surface area contributed by atoms with Gasteiger partial charge in [-0.1, -0.05) is 24.3 Å². The van der Waals surface area contributed by atoms with Gasteiger partial charge in [-0.3, -0.25) is 0 Å². The molecular weight excluding hydrogens is 196 g/mol. The molecule has 0 radical (unpaired) electrons. The minimum absolute atomic E-state index is 0.0578. The fourth-order valence-electron chi connectivity index (χ4n) is 1.60. The van der Waals surface area contributed by atoms with Crippen molar-refractivity contribution in [1.29, 1.82) is 0 Å². The van der Waals surface area contributed by atoms with Crippen LogP contribution in [0.15, 0.2) is 24.3 Å². The Morgan fingerprint density at radius 1 is 1.33 bits per heavy atom. The van der Waals surface area contributed by atoms with Crippen LogP contribution in [0.4, 0.5) is 8.78 Å². The molecule has 0 saturated heterocycles. The van der Waals surface area contributed by atoms with Gasteiger partial charge in [0.15, 0.2) is 0 Å². The van der Waals surface area contributed by atoms with Crippen LogP contribution in [0.3, 0.4) is 0 Å². The van der Waals surface area contributed by atoms with Crippen LogP contribution in [0, 0.1) is 0 Å². The van der Waals surface area contributed by atoms with E-state index in [4.69, 9.17) is 5.73 Å². The molecule has 0 aliphatic rings. The fraction of sp³-hybridized carbons (Fsp3) is 0.500. The van der Waals surface area contributed by atoms with E-state index in [1.165, 1.54) is 0 Å². The summed E-state index contributed by atoms with van der Waals surface area (Å²) in [6, 6.07) is 7.31. The van der Waals surface area contributed by atoms with E-state index in [0.29, 0.717) is 5.56 Å². The van der Waals surface area contributed by atoms with Gasteiger partial charge in [0.1, 0.15) is 0 Å². The van der Waals surface area contributed by atoms with Gasteiger partial charge in [0, 0.05) is 12.5 Å². The first-order valence-electron chi connectivity index (χ1n) is 5.08. The zero-order valence-electron chi connectivity index (χ0n) is 9.13. The van der Waals surface area contributed by atoms with E-state index in [9.17, 15) is 8.78 Å². The van der Waals surface area contributed by atoms with Gasteiger partial charge in [0.2, 0.25) is 5.92 Å². The van der Waals surface area contributed by atoms with E-state index in [1.807, 2.05) is 13.0 Å². The topological polar surface area (TPSA) is 26.0 Å². The van der Waals surface area contributed by atoms with Crippen molar-refractivity contribution in [2.24, 2.45) is 5.73 Å². The Labute approximate surface area is 89.3 Å². The Hall–Kier alpha value is -0.960. The van der Waals surface area contributed by atoms with Crippen molar-refractivity contribution in [3.8, 4) is 0 Å². The average molecular weight is 213 g/mol. The predicted molar refractivity (Wildman–Crippen MR) is 58.1 cm³/mol. The number of rotatable bonds is 4. The fourth-order valence-corrected chi connectivity index (χ4v) is 1.60. The Kier molecular flexibility index (Phi) is 3.80. The van der Waals surface area contributed by atoms with Gasteiger partial charge < -0.3 is 5.73 Å². The van der Waals surface area contributed by atoms with E-state index in [-0.39, 0.29) is 12.5 Å². The zero-order valence-corrected chi connectivity index (χ0v) is 9.13. The number of halogens is 2. The molecule has 0 bridgehead atoms. The van der Waals surface area contributed by atoms with E-state index < -0.39 is 5.92 Å². The summed E-state index contributed by atoms with van der Waals surface area (Å²) in [6.07, 6.45) is 0.517. The monoisotopic (exact) mass is 213 g/mol. The van der Waals surface area contributed by atoms with Crippen molar-refractivity contribution in [2.45, 2.75) is 38.7 Å². The first-order valence-corrected chi connectivity index (χ1v) is 5.08. The molecule has 0 aliphatic carbocycles. The summed E-state index contributed by atoms with van der Waals surface area (Å²) in [5, 5.41) is 0. The van der Waals surface area contributed by atoms with Crippen LogP contribution in [0.1, 0.15) is 25.0 Å². The van der Waals surface area contributed by atoms with Crippen LogP contribution >= 0.6 is 0 Å². The van der Waals surface area contributed by atoms with Crippen LogP contribution in [0.2, 0.25) is 0 Å². The van der Waals surface area contributed by atoms with E-state index in [0.717, 1.165) is 18.9 Å². The van der Waals surface area contributed by atoms with Crippen LogP contribution < -0.4 is 5.73 Å². The maximum atomic E-state index is 12.8. The number of alkyl halides is 2. The minimum Gasteiger partial charge on any atom is -0.328 e. The molecule has 0 aromatic heterocycles. The van der Waals surface area contributed by atoms with Gasteiger partial charge in [-0.2, -0.15) is 0 Å². The molecule has 0 aliphatic heterocycles. The van der Waals surface area contributed by atoms with E-state index >= 15 is 0 Å². The van der Waals surface area contributed by atoms with Gasteiger partial charge in [-0.15, -0.1) is 0 Å². The summed E-state index contributed by atoms with van der Waals surface area (Å²) < 4.78 is 25.6. The minimum atomic E-state index is -2.65. The number of nitrogens with two attached hydrogens (primary N) is 1. The molecule has 1 aromatic carbocycles. The third-order valence-corrected chi connectivity index (χ3v) is 2.06. The Morgan fingerprint density at radius 2 is 1.93 bits per heavy atom. The molecule has 0 heterocycles. The largest absolute Gasteiger partial charge is 0.328 e. The molecule has 0 spiro atoms. The van der Waals surface area contributed by atoms with Crippen LogP contribution in [-0.4, -0.2) is 12.0 Å². The van der Waals surface area contributed by atoms with Crippen molar-refractivity contribution in [1.82, 2.24) is 0 Å². The standard InChI is InChI=1S/C12H17F2N/c1-9(15)6-10-4-3-5-11(7-10)8-12(2,13)14/h3-5,7,9H,6,8,15H2,1-2H3. The SMILES string of the molecule is CC(N)Cc1cccc(CC(C)(F)F)c1. The molecule has 1 nitrogen and oxygen atoms in total. The lowest BCUT2D eigenvalue weighted by Gasteiger charge is -2.11. The first kappa shape index (κ1) is 12.1. The summed E-state index contributed by atoms with van der Waals surface area (Å²) in [5.74, 6) is -2.65. The van der Waals surface area contributed by atoms with Gasteiger partial charge >= 0.3 is 0 Å². The lowest BCUT2D eigenvalue weighted by molar-refractivity contribution is 0.0226. The smallest absolute Gasteiger partial charge is 0.249 e. The van der Waals surface area contributed by atoms with Crippen molar-refractivity contribution in [3.63, 3.8) is 0 Å². The van der Waals surface area contributed by atoms with E-state index in [2.05, 4.69) is 0 Å². The molecule has 3 heteroatoms. The molecule has 15 heavy (non-hydrogen) atoms. The third-order valence-electron chi connectivity index (χ3n) is 2.06. The third kappa shape index (κ3) is 4.88. The Balaban J connectivity index is 2.74. The van der Waals surface area contributed by atoms with Gasteiger partial charge in [0.25, 0.3) is 0 Å². The molecule has 0 fully saturated rings. The molecule has 0 saturated carbocycles. The summed E-state index contributed by atoms with van der Waals surface area (Å²) in [7, 11) is 0. The molecule has 1 aromatic rings. The Morgan fingerprint density at radius 3 is 2.47 bits per heavy atom. The molecule has 84 valence electrons. The molecular formula is C12H17F2N. The molecule has 0 amide bonds. The van der Waals surface area contributed by atoms with Gasteiger partial charge in [-0.05, 0) is 31.4 Å². The van der Waals surface area contributed by atoms with E-state index in [1.54, 1.807) is 18.2 Å². The normalized spacial score (nSPS) is 13.9. The van der Waals surface area contributed by atoms with Gasteiger partial charge in [-0.25, -0.2) is 8.78 Å². The maximum Gasteiger partial charge on any atom is 0.249 e. The van der Waals surface area contributed by atoms with Crippen molar-refractivity contribution >= 4 is 0 Å².